The number of hydrogen-bond donors (Lipinski definition) is 1. The summed E-state index contributed by atoms with van der Waals surface area (Å²) >= 11 is 1.61. The van der Waals surface area contributed by atoms with Gasteiger partial charge >= 0.3 is 0 Å². The summed E-state index contributed by atoms with van der Waals surface area (Å²) < 4.78 is 2.02. The summed E-state index contributed by atoms with van der Waals surface area (Å²) in [7, 11) is 4.02. The number of hydrogen-bond acceptors (Lipinski definition) is 5. The van der Waals surface area contributed by atoms with Crippen LogP contribution in [0.2, 0.25) is 0 Å². The van der Waals surface area contributed by atoms with Gasteiger partial charge in [0.25, 0.3) is 0 Å². The predicted octanol–water partition coefficient (Wildman–Crippen LogP) is 2.52. The number of anilines is 1. The van der Waals surface area contributed by atoms with E-state index in [2.05, 4.69) is 23.7 Å². The molecule has 0 aromatic carbocycles. The highest BCUT2D eigenvalue weighted by atomic mass is 32.1. The van der Waals surface area contributed by atoms with Crippen LogP contribution in [0, 0.1) is 5.41 Å². The van der Waals surface area contributed by atoms with Crippen molar-refractivity contribution in [2.24, 2.45) is 12.5 Å². The van der Waals surface area contributed by atoms with Crippen LogP contribution in [0.3, 0.4) is 0 Å². The Labute approximate surface area is 129 Å². The second-order valence-electron chi connectivity index (χ2n) is 6.68. The minimum Gasteiger partial charge on any atom is -0.387 e. The zero-order valence-electron chi connectivity index (χ0n) is 13.0. The molecule has 1 aliphatic carbocycles. The molecule has 2 aromatic rings. The van der Waals surface area contributed by atoms with Crippen LogP contribution in [0.4, 0.5) is 5.13 Å². The number of aryl methyl sites for hydroxylation is 1. The number of nitrogens with zero attached hydrogens (tertiary/aromatic N) is 4. The molecule has 2 heterocycles. The lowest BCUT2D eigenvalue weighted by atomic mass is 9.77. The summed E-state index contributed by atoms with van der Waals surface area (Å²) in [5, 5.41) is 11.3. The molecule has 3 rings (SSSR count). The lowest BCUT2D eigenvalue weighted by Crippen LogP contribution is -2.24. The fraction of sp³-hybridized carbons (Fsp3) is 0.600. The largest absolute Gasteiger partial charge is 0.387 e. The highest BCUT2D eigenvalue weighted by molar-refractivity contribution is 7.15. The molecule has 0 amide bonds. The molecule has 0 bridgehead atoms. The molecule has 1 aliphatic rings. The van der Waals surface area contributed by atoms with Crippen molar-refractivity contribution in [1.29, 1.82) is 0 Å². The number of thiazole rings is 1. The summed E-state index contributed by atoms with van der Waals surface area (Å²) in [5.41, 5.74) is 1.18. The number of rotatable bonds is 3. The smallest absolute Gasteiger partial charge is 0.186 e. The maximum absolute atomic E-state index is 10.3. The van der Waals surface area contributed by atoms with Crippen molar-refractivity contribution in [3.8, 4) is 0 Å². The minimum absolute atomic E-state index is 0.121. The molecular formula is C15H22N4OS. The Hall–Kier alpha value is -1.40. The first-order chi connectivity index (χ1) is 9.85. The molecule has 1 N–H and O–H groups in total. The van der Waals surface area contributed by atoms with Gasteiger partial charge in [-0.25, -0.2) is 9.97 Å². The number of aliphatic hydroxyl groups is 1. The molecule has 114 valence electrons. The van der Waals surface area contributed by atoms with Crippen LogP contribution in [-0.4, -0.2) is 26.7 Å². The van der Waals surface area contributed by atoms with Gasteiger partial charge in [0.05, 0.1) is 23.2 Å². The third-order valence-electron chi connectivity index (χ3n) is 4.04. The Morgan fingerprint density at radius 1 is 1.52 bits per heavy atom. The molecule has 0 fully saturated rings. The molecule has 1 atom stereocenters. The Kier molecular flexibility index (Phi) is 3.53. The van der Waals surface area contributed by atoms with Crippen molar-refractivity contribution >= 4 is 16.5 Å². The van der Waals surface area contributed by atoms with E-state index in [4.69, 9.17) is 4.98 Å². The topological polar surface area (TPSA) is 54.2 Å². The molecular weight excluding hydrogens is 284 g/mol. The quantitative estimate of drug-likeness (QED) is 0.947. The Morgan fingerprint density at radius 3 is 2.95 bits per heavy atom. The van der Waals surface area contributed by atoms with Gasteiger partial charge in [-0.15, -0.1) is 0 Å². The normalized spacial score (nSPS) is 20.3. The second-order valence-corrected chi connectivity index (χ2v) is 7.69. The Balaban J connectivity index is 1.83. The van der Waals surface area contributed by atoms with Crippen molar-refractivity contribution < 1.29 is 5.11 Å². The van der Waals surface area contributed by atoms with E-state index in [-0.39, 0.29) is 11.5 Å². The van der Waals surface area contributed by atoms with Crippen LogP contribution in [-0.2, 0) is 20.0 Å². The number of imidazole rings is 1. The summed E-state index contributed by atoms with van der Waals surface area (Å²) in [5.74, 6) is 1.01. The predicted molar refractivity (Wildman–Crippen MR) is 84.5 cm³/mol. The fourth-order valence-electron chi connectivity index (χ4n) is 2.87. The van der Waals surface area contributed by atoms with Gasteiger partial charge in [-0.2, -0.15) is 0 Å². The van der Waals surface area contributed by atoms with Crippen molar-refractivity contribution in [3.05, 3.63) is 28.8 Å². The van der Waals surface area contributed by atoms with Gasteiger partial charge in [0, 0.05) is 26.5 Å². The van der Waals surface area contributed by atoms with Gasteiger partial charge < -0.3 is 14.6 Å². The van der Waals surface area contributed by atoms with Crippen LogP contribution < -0.4 is 4.90 Å². The second kappa shape index (κ2) is 5.10. The van der Waals surface area contributed by atoms with Crippen LogP contribution >= 0.6 is 11.3 Å². The first kappa shape index (κ1) is 14.5. The summed E-state index contributed by atoms with van der Waals surface area (Å²) in [6, 6.07) is 0. The Bertz CT molecular complexity index is 646. The lowest BCUT2D eigenvalue weighted by molar-refractivity contribution is 0.102. The summed E-state index contributed by atoms with van der Waals surface area (Å²) in [6.07, 6.45) is 5.12. The first-order valence-corrected chi connectivity index (χ1v) is 8.02. The molecule has 0 saturated heterocycles. The van der Waals surface area contributed by atoms with Gasteiger partial charge in [-0.1, -0.05) is 25.2 Å². The molecule has 6 heteroatoms. The maximum atomic E-state index is 10.3. The average molecular weight is 306 g/mol. The van der Waals surface area contributed by atoms with Gasteiger partial charge in [-0.05, 0) is 18.3 Å². The van der Waals surface area contributed by atoms with E-state index in [1.807, 2.05) is 31.1 Å². The fourth-order valence-corrected chi connectivity index (χ4v) is 3.90. The highest BCUT2D eigenvalue weighted by Gasteiger charge is 2.34. The van der Waals surface area contributed by atoms with Crippen LogP contribution in [0.1, 0.15) is 42.8 Å². The number of aliphatic hydroxyl groups excluding tert-OH is 1. The van der Waals surface area contributed by atoms with Crippen LogP contribution in [0.5, 0.6) is 0 Å². The molecule has 0 spiro atoms. The van der Waals surface area contributed by atoms with E-state index in [0.29, 0.717) is 0 Å². The van der Waals surface area contributed by atoms with Gasteiger partial charge in [0.15, 0.2) is 5.13 Å². The molecule has 0 radical (unpaired) electrons. The van der Waals surface area contributed by atoms with Crippen molar-refractivity contribution in [2.45, 2.75) is 39.3 Å². The summed E-state index contributed by atoms with van der Waals surface area (Å²) in [6.45, 7) is 5.10. The molecule has 2 aromatic heterocycles. The van der Waals surface area contributed by atoms with Gasteiger partial charge in [0.2, 0.25) is 0 Å². The van der Waals surface area contributed by atoms with Crippen molar-refractivity contribution in [3.63, 3.8) is 0 Å². The van der Waals surface area contributed by atoms with E-state index < -0.39 is 0 Å². The average Bonchev–Trinajstić information content (AvgIpc) is 2.95. The lowest BCUT2D eigenvalue weighted by Gasteiger charge is -2.31. The molecule has 0 aliphatic heterocycles. The third-order valence-corrected chi connectivity index (χ3v) is 5.35. The third kappa shape index (κ3) is 2.82. The molecule has 1 unspecified atom stereocenters. The number of fused-ring (bicyclic) bond motifs is 1. The van der Waals surface area contributed by atoms with E-state index >= 15 is 0 Å². The molecule has 21 heavy (non-hydrogen) atoms. The van der Waals surface area contributed by atoms with E-state index in [1.54, 1.807) is 11.3 Å². The minimum atomic E-state index is -0.378. The summed E-state index contributed by atoms with van der Waals surface area (Å²) in [4.78, 5) is 12.2. The highest BCUT2D eigenvalue weighted by Crippen LogP contribution is 2.44. The van der Waals surface area contributed by atoms with E-state index in [9.17, 15) is 5.11 Å². The van der Waals surface area contributed by atoms with Crippen molar-refractivity contribution in [1.82, 2.24) is 14.5 Å². The van der Waals surface area contributed by atoms with Gasteiger partial charge in [0.1, 0.15) is 5.82 Å². The SMILES string of the molecule is CN(Cc1nccn1C)c1nc2c(s1)C(O)CC(C)(C)C2. The van der Waals surface area contributed by atoms with E-state index in [1.165, 1.54) is 0 Å². The van der Waals surface area contributed by atoms with Crippen LogP contribution in [0.25, 0.3) is 0 Å². The Morgan fingerprint density at radius 2 is 2.29 bits per heavy atom. The van der Waals surface area contributed by atoms with Gasteiger partial charge in [-0.3, -0.25) is 0 Å². The van der Waals surface area contributed by atoms with Crippen LogP contribution in [0.15, 0.2) is 12.4 Å². The monoisotopic (exact) mass is 306 g/mol. The number of aromatic nitrogens is 3. The zero-order valence-corrected chi connectivity index (χ0v) is 13.8. The molecule has 0 saturated carbocycles. The maximum Gasteiger partial charge on any atom is 0.186 e. The zero-order chi connectivity index (χ0) is 15.2. The van der Waals surface area contributed by atoms with E-state index in [0.717, 1.165) is 40.9 Å². The first-order valence-electron chi connectivity index (χ1n) is 7.21. The molecule has 5 nitrogen and oxygen atoms in total. The standard InChI is InChI=1S/C15H22N4OS/c1-15(2)7-10-13(11(20)8-15)21-14(17-10)19(4)9-12-16-5-6-18(12)3/h5-6,11,20H,7-9H2,1-4H3. The van der Waals surface area contributed by atoms with Crippen molar-refractivity contribution in [2.75, 3.05) is 11.9 Å².